The van der Waals surface area contributed by atoms with Gasteiger partial charge in [-0.25, -0.2) is 17.8 Å². The number of halogens is 1. The molecule has 32 heavy (non-hydrogen) atoms. The Morgan fingerprint density at radius 2 is 1.62 bits per heavy atom. The topological polar surface area (TPSA) is 90.4 Å². The van der Waals surface area contributed by atoms with Crippen molar-refractivity contribution in [2.24, 2.45) is 5.10 Å². The number of hydrogen-bond acceptors (Lipinski definition) is 5. The molecule has 2 amide bonds. The molecule has 8 nitrogen and oxygen atoms in total. The zero-order valence-electron chi connectivity index (χ0n) is 17.4. The van der Waals surface area contributed by atoms with E-state index in [1.165, 1.54) is 21.4 Å². The summed E-state index contributed by atoms with van der Waals surface area (Å²) in [4.78, 5) is 27.0. The Morgan fingerprint density at radius 3 is 2.34 bits per heavy atom. The van der Waals surface area contributed by atoms with Crippen LogP contribution in [0.4, 0.5) is 10.1 Å². The molecular weight excluding hydrogens is 435 g/mol. The van der Waals surface area contributed by atoms with Crippen molar-refractivity contribution in [3.63, 3.8) is 0 Å². The smallest absolute Gasteiger partial charge is 0.270 e. The van der Waals surface area contributed by atoms with Crippen LogP contribution in [-0.4, -0.2) is 61.3 Å². The van der Waals surface area contributed by atoms with Crippen LogP contribution in [0.2, 0.25) is 0 Å². The third-order valence-electron chi connectivity index (χ3n) is 5.47. The molecule has 0 spiro atoms. The van der Waals surface area contributed by atoms with Gasteiger partial charge in [0.05, 0.1) is 10.6 Å². The monoisotopic (exact) mass is 458 g/mol. The normalized spacial score (nSPS) is 18.3. The van der Waals surface area contributed by atoms with Gasteiger partial charge in [-0.3, -0.25) is 9.59 Å². The second-order valence-corrected chi connectivity index (χ2v) is 9.53. The molecule has 1 saturated heterocycles. The highest BCUT2D eigenvalue weighted by Gasteiger charge is 2.32. The number of hydrazone groups is 1. The quantitative estimate of drug-likeness (QED) is 0.703. The molecule has 0 radical (unpaired) electrons. The number of hydrogen-bond donors (Lipinski definition) is 0. The predicted octanol–water partition coefficient (Wildman–Crippen LogP) is 2.23. The molecule has 0 saturated carbocycles. The minimum Gasteiger partial charge on any atom is -0.336 e. The van der Waals surface area contributed by atoms with Crippen molar-refractivity contribution >= 4 is 33.2 Å². The first kappa shape index (κ1) is 22.1. The zero-order chi connectivity index (χ0) is 22.7. The van der Waals surface area contributed by atoms with Gasteiger partial charge in [0.1, 0.15) is 11.5 Å². The van der Waals surface area contributed by atoms with Crippen molar-refractivity contribution in [3.05, 3.63) is 60.4 Å². The average Bonchev–Trinajstić information content (AvgIpc) is 3.07. The van der Waals surface area contributed by atoms with Crippen molar-refractivity contribution in [3.8, 4) is 0 Å². The lowest BCUT2D eigenvalue weighted by atomic mass is 10.1. The van der Waals surface area contributed by atoms with E-state index in [0.29, 0.717) is 18.7 Å². The molecule has 1 fully saturated rings. The summed E-state index contributed by atoms with van der Waals surface area (Å²) in [5.74, 6) is -0.979. The van der Waals surface area contributed by atoms with Crippen LogP contribution in [0, 0.1) is 5.82 Å². The fraction of sp³-hybridized carbons (Fsp3) is 0.318. The van der Waals surface area contributed by atoms with Crippen molar-refractivity contribution in [1.29, 1.82) is 0 Å². The minimum atomic E-state index is -3.78. The van der Waals surface area contributed by atoms with E-state index in [-0.39, 0.29) is 54.9 Å². The van der Waals surface area contributed by atoms with Crippen molar-refractivity contribution in [2.45, 2.75) is 24.2 Å². The van der Waals surface area contributed by atoms with Crippen molar-refractivity contribution < 1.29 is 22.4 Å². The number of amides is 2. The van der Waals surface area contributed by atoms with Gasteiger partial charge in [0.15, 0.2) is 0 Å². The lowest BCUT2D eigenvalue weighted by Gasteiger charge is -2.26. The zero-order valence-corrected chi connectivity index (χ0v) is 18.2. The third kappa shape index (κ3) is 4.56. The molecule has 2 heterocycles. The van der Waals surface area contributed by atoms with E-state index in [4.69, 9.17) is 0 Å². The number of benzene rings is 2. The largest absolute Gasteiger partial charge is 0.336 e. The van der Waals surface area contributed by atoms with E-state index in [1.54, 1.807) is 29.2 Å². The predicted molar refractivity (Wildman–Crippen MR) is 117 cm³/mol. The van der Waals surface area contributed by atoms with Crippen molar-refractivity contribution in [2.75, 3.05) is 31.2 Å². The fourth-order valence-electron chi connectivity index (χ4n) is 3.75. The summed E-state index contributed by atoms with van der Waals surface area (Å²) in [7, 11) is -3.78. The summed E-state index contributed by atoms with van der Waals surface area (Å²) < 4.78 is 40.3. The van der Waals surface area contributed by atoms with E-state index in [9.17, 15) is 22.4 Å². The number of rotatable bonds is 4. The molecule has 0 aromatic heterocycles. The Kier molecular flexibility index (Phi) is 6.33. The summed E-state index contributed by atoms with van der Waals surface area (Å²) in [5.41, 5.74) is 0.873. The standard InChI is InChI=1S/C22H23FN4O4S/c23-17-7-9-19(10-8-17)32(30,31)26-14-4-13-25(15-16-26)22(29)20-11-12-21(28)27(24-20)18-5-2-1-3-6-18/h1-3,5-10H,4,11-16H2. The van der Waals surface area contributed by atoms with E-state index in [0.717, 1.165) is 12.1 Å². The minimum absolute atomic E-state index is 0.0207. The van der Waals surface area contributed by atoms with Gasteiger partial charge >= 0.3 is 0 Å². The molecule has 0 aliphatic carbocycles. The molecule has 10 heteroatoms. The van der Waals surface area contributed by atoms with Gasteiger partial charge in [-0.05, 0) is 42.8 Å². The Labute approximate surface area is 186 Å². The highest BCUT2D eigenvalue weighted by molar-refractivity contribution is 7.89. The lowest BCUT2D eigenvalue weighted by Crippen LogP contribution is -2.43. The molecular formula is C22H23FN4O4S. The van der Waals surface area contributed by atoms with Crippen LogP contribution in [0.15, 0.2) is 64.6 Å². The number of para-hydroxylation sites is 1. The first-order chi connectivity index (χ1) is 15.4. The first-order valence-electron chi connectivity index (χ1n) is 10.4. The average molecular weight is 459 g/mol. The summed E-state index contributed by atoms with van der Waals surface area (Å²) in [6, 6.07) is 13.6. The van der Waals surface area contributed by atoms with Crippen LogP contribution in [0.5, 0.6) is 0 Å². The van der Waals surface area contributed by atoms with Crippen LogP contribution in [0.1, 0.15) is 19.3 Å². The third-order valence-corrected chi connectivity index (χ3v) is 7.39. The summed E-state index contributed by atoms with van der Waals surface area (Å²) >= 11 is 0. The number of nitrogens with zero attached hydrogens (tertiary/aromatic N) is 4. The summed E-state index contributed by atoms with van der Waals surface area (Å²) in [6.45, 7) is 0.967. The van der Waals surface area contributed by atoms with Gasteiger partial charge in [0, 0.05) is 39.0 Å². The molecule has 4 rings (SSSR count). The second-order valence-electron chi connectivity index (χ2n) is 7.59. The molecule has 0 bridgehead atoms. The van der Waals surface area contributed by atoms with Crippen molar-refractivity contribution in [1.82, 2.24) is 9.21 Å². The Morgan fingerprint density at radius 1 is 0.906 bits per heavy atom. The number of carbonyl (C=O) groups excluding carboxylic acids is 2. The number of carbonyl (C=O) groups is 2. The highest BCUT2D eigenvalue weighted by atomic mass is 32.2. The molecule has 2 aliphatic rings. The second kappa shape index (κ2) is 9.17. The lowest BCUT2D eigenvalue weighted by molar-refractivity contribution is -0.124. The fourth-order valence-corrected chi connectivity index (χ4v) is 5.22. The maximum Gasteiger partial charge on any atom is 0.270 e. The van der Waals surface area contributed by atoms with E-state index in [1.807, 2.05) is 6.07 Å². The molecule has 0 atom stereocenters. The Hall–Kier alpha value is -3.11. The number of anilines is 1. The Bertz CT molecular complexity index is 1140. The first-order valence-corrected chi connectivity index (χ1v) is 11.8. The Balaban J connectivity index is 1.48. The van der Waals surface area contributed by atoms with E-state index < -0.39 is 15.8 Å². The van der Waals surface area contributed by atoms with Gasteiger partial charge in [0.25, 0.3) is 5.91 Å². The van der Waals surface area contributed by atoms with Crippen LogP contribution in [-0.2, 0) is 19.6 Å². The van der Waals surface area contributed by atoms with E-state index >= 15 is 0 Å². The summed E-state index contributed by atoms with van der Waals surface area (Å²) in [6.07, 6.45) is 0.883. The van der Waals surface area contributed by atoms with Gasteiger partial charge in [-0.15, -0.1) is 0 Å². The highest BCUT2D eigenvalue weighted by Crippen LogP contribution is 2.22. The molecule has 0 N–H and O–H groups in total. The molecule has 2 aliphatic heterocycles. The maximum absolute atomic E-state index is 13.2. The maximum atomic E-state index is 13.2. The van der Waals surface area contributed by atoms with Crippen LogP contribution in [0.3, 0.4) is 0 Å². The molecule has 2 aromatic rings. The molecule has 0 unspecified atom stereocenters. The summed E-state index contributed by atoms with van der Waals surface area (Å²) in [5, 5.41) is 5.55. The van der Waals surface area contributed by atoms with Gasteiger partial charge in [-0.2, -0.15) is 9.41 Å². The van der Waals surface area contributed by atoms with Gasteiger partial charge < -0.3 is 4.90 Å². The molecule has 168 valence electrons. The van der Waals surface area contributed by atoms with Crippen LogP contribution >= 0.6 is 0 Å². The molecule has 2 aromatic carbocycles. The van der Waals surface area contributed by atoms with Crippen LogP contribution in [0.25, 0.3) is 0 Å². The van der Waals surface area contributed by atoms with Gasteiger partial charge in [0.2, 0.25) is 15.9 Å². The van der Waals surface area contributed by atoms with E-state index in [2.05, 4.69) is 5.10 Å². The SMILES string of the molecule is O=C(C1=NN(c2ccccc2)C(=O)CC1)N1CCCN(S(=O)(=O)c2ccc(F)cc2)CC1. The van der Waals surface area contributed by atoms with Gasteiger partial charge in [-0.1, -0.05) is 18.2 Å². The number of sulfonamides is 1. The van der Waals surface area contributed by atoms with Crippen LogP contribution < -0.4 is 5.01 Å².